The van der Waals surface area contributed by atoms with E-state index >= 15 is 0 Å². The lowest BCUT2D eigenvalue weighted by atomic mass is 9.94. The molecule has 1 aliphatic heterocycles. The number of nitrogens with zero attached hydrogens (tertiary/aromatic N) is 1. The van der Waals surface area contributed by atoms with Gasteiger partial charge in [-0.2, -0.15) is 5.26 Å². The van der Waals surface area contributed by atoms with Gasteiger partial charge in [0.2, 0.25) is 0 Å². The molecule has 0 N–H and O–H groups in total. The average molecular weight is 194 g/mol. The van der Waals surface area contributed by atoms with Crippen LogP contribution in [0.5, 0.6) is 5.75 Å². The van der Waals surface area contributed by atoms with Crippen molar-refractivity contribution < 1.29 is 4.74 Å². The van der Waals surface area contributed by atoms with Gasteiger partial charge in [-0.25, -0.2) is 0 Å². The van der Waals surface area contributed by atoms with Crippen LogP contribution in [0.4, 0.5) is 0 Å². The van der Waals surface area contributed by atoms with Crippen molar-refractivity contribution in [3.63, 3.8) is 0 Å². The van der Waals surface area contributed by atoms with E-state index in [1.54, 1.807) is 0 Å². The first kappa shape index (κ1) is 8.40. The molecule has 0 bridgehead atoms. The van der Waals surface area contributed by atoms with Gasteiger partial charge in [0.05, 0.1) is 12.7 Å². The Hall–Kier alpha value is -1.20. The highest BCUT2D eigenvalue weighted by Gasteiger charge is 2.35. The predicted octanol–water partition coefficient (Wildman–Crippen LogP) is 2.43. The molecule has 1 atom stereocenters. The summed E-state index contributed by atoms with van der Waals surface area (Å²) in [5, 5.41) is 8.96. The fraction of sp³-hybridized carbons (Fsp3) is 0.300. The molecule has 1 aromatic rings. The van der Waals surface area contributed by atoms with Gasteiger partial charge in [0.1, 0.15) is 5.75 Å². The molecular formula is C10H8ClNO. The molecule has 0 aliphatic carbocycles. The van der Waals surface area contributed by atoms with Crippen LogP contribution in [0, 0.1) is 11.3 Å². The van der Waals surface area contributed by atoms with Crippen LogP contribution in [0.3, 0.4) is 0 Å². The lowest BCUT2D eigenvalue weighted by molar-refractivity contribution is 0.270. The molecule has 1 aromatic carbocycles. The molecule has 0 saturated carbocycles. The third-order valence-corrected chi connectivity index (χ3v) is 2.67. The third kappa shape index (κ3) is 1.26. The molecule has 1 aliphatic rings. The summed E-state index contributed by atoms with van der Waals surface area (Å²) in [4.78, 5) is -0.894. The Bertz CT molecular complexity index is 371. The molecule has 0 aromatic heterocycles. The largest absolute Gasteiger partial charge is 0.493 e. The van der Waals surface area contributed by atoms with Gasteiger partial charge in [0, 0.05) is 12.0 Å². The zero-order valence-electron chi connectivity index (χ0n) is 6.96. The molecule has 66 valence electrons. The van der Waals surface area contributed by atoms with E-state index in [1.165, 1.54) is 0 Å². The second-order valence-corrected chi connectivity index (χ2v) is 3.65. The summed E-state index contributed by atoms with van der Waals surface area (Å²) in [5.41, 5.74) is 0.783. The molecule has 2 nitrogen and oxygen atoms in total. The van der Waals surface area contributed by atoms with Gasteiger partial charge in [-0.15, -0.1) is 0 Å². The number of benzene rings is 1. The summed E-state index contributed by atoms with van der Waals surface area (Å²) in [7, 11) is 0. The lowest BCUT2D eigenvalue weighted by Crippen LogP contribution is -2.25. The van der Waals surface area contributed by atoms with Crippen LogP contribution in [0.15, 0.2) is 24.3 Å². The second kappa shape index (κ2) is 2.93. The Balaban J connectivity index is 2.56. The van der Waals surface area contributed by atoms with Crippen molar-refractivity contribution in [2.75, 3.05) is 6.61 Å². The van der Waals surface area contributed by atoms with Crippen LogP contribution in [0.2, 0.25) is 0 Å². The molecule has 0 saturated heterocycles. The first-order valence-electron chi connectivity index (χ1n) is 4.09. The fourth-order valence-electron chi connectivity index (χ4n) is 1.47. The SMILES string of the molecule is N#CC1(Cl)CCOc2ccccc21. The number of fused-ring (bicyclic) bond motifs is 1. The smallest absolute Gasteiger partial charge is 0.162 e. The topological polar surface area (TPSA) is 33.0 Å². The lowest BCUT2D eigenvalue weighted by Gasteiger charge is -2.27. The van der Waals surface area contributed by atoms with Crippen LogP contribution in [-0.2, 0) is 4.87 Å². The maximum Gasteiger partial charge on any atom is 0.162 e. The van der Waals surface area contributed by atoms with E-state index in [9.17, 15) is 0 Å². The third-order valence-electron chi connectivity index (χ3n) is 2.20. The number of alkyl halides is 1. The zero-order chi connectivity index (χ0) is 9.31. The first-order valence-corrected chi connectivity index (χ1v) is 4.46. The monoisotopic (exact) mass is 193 g/mol. The zero-order valence-corrected chi connectivity index (χ0v) is 7.71. The molecule has 0 radical (unpaired) electrons. The molecule has 1 heterocycles. The first-order chi connectivity index (χ1) is 6.26. The summed E-state index contributed by atoms with van der Waals surface area (Å²) in [6.07, 6.45) is 0.544. The second-order valence-electron chi connectivity index (χ2n) is 3.01. The van der Waals surface area contributed by atoms with Crippen molar-refractivity contribution in [1.29, 1.82) is 5.26 Å². The number of nitriles is 1. The van der Waals surface area contributed by atoms with Gasteiger partial charge in [-0.05, 0) is 6.07 Å². The molecule has 0 spiro atoms. The molecule has 0 fully saturated rings. The summed E-state index contributed by atoms with van der Waals surface area (Å²) in [6, 6.07) is 9.53. The van der Waals surface area contributed by atoms with Gasteiger partial charge in [0.25, 0.3) is 0 Å². The van der Waals surface area contributed by atoms with Crippen LogP contribution in [-0.4, -0.2) is 6.61 Å². The summed E-state index contributed by atoms with van der Waals surface area (Å²) in [6.45, 7) is 0.508. The minimum atomic E-state index is -0.894. The quantitative estimate of drug-likeness (QED) is 0.593. The predicted molar refractivity (Wildman–Crippen MR) is 49.7 cm³/mol. The Morgan fingerprint density at radius 3 is 3.00 bits per heavy atom. The van der Waals surface area contributed by atoms with E-state index in [-0.39, 0.29) is 0 Å². The summed E-state index contributed by atoms with van der Waals surface area (Å²) >= 11 is 6.15. The Kier molecular flexibility index (Phi) is 1.90. The number of hydrogen-bond acceptors (Lipinski definition) is 2. The van der Waals surface area contributed by atoms with E-state index < -0.39 is 4.87 Å². The van der Waals surface area contributed by atoms with E-state index in [0.717, 1.165) is 11.3 Å². The average Bonchev–Trinajstić information content (AvgIpc) is 2.19. The molecule has 0 amide bonds. The standard InChI is InChI=1S/C10H8ClNO/c11-10(7-12)5-6-13-9-4-2-1-3-8(9)10/h1-4H,5-6H2. The minimum Gasteiger partial charge on any atom is -0.493 e. The highest BCUT2D eigenvalue weighted by molar-refractivity contribution is 6.26. The molecule has 13 heavy (non-hydrogen) atoms. The van der Waals surface area contributed by atoms with Crippen LogP contribution in [0.1, 0.15) is 12.0 Å². The maximum absolute atomic E-state index is 8.96. The van der Waals surface area contributed by atoms with Gasteiger partial charge in [-0.1, -0.05) is 29.8 Å². The summed E-state index contributed by atoms with van der Waals surface area (Å²) in [5.74, 6) is 0.727. The number of ether oxygens (including phenoxy) is 1. The normalized spacial score (nSPS) is 25.5. The van der Waals surface area contributed by atoms with Crippen molar-refractivity contribution in [2.45, 2.75) is 11.3 Å². The Morgan fingerprint density at radius 1 is 1.46 bits per heavy atom. The van der Waals surface area contributed by atoms with Crippen molar-refractivity contribution in [2.24, 2.45) is 0 Å². The van der Waals surface area contributed by atoms with Crippen LogP contribution >= 0.6 is 11.6 Å². The molecular weight excluding hydrogens is 186 g/mol. The fourth-order valence-corrected chi connectivity index (χ4v) is 1.71. The van der Waals surface area contributed by atoms with Crippen LogP contribution < -0.4 is 4.74 Å². The van der Waals surface area contributed by atoms with Crippen molar-refractivity contribution >= 4 is 11.6 Å². The highest BCUT2D eigenvalue weighted by Crippen LogP contribution is 2.41. The van der Waals surface area contributed by atoms with Crippen molar-refractivity contribution in [3.8, 4) is 11.8 Å². The molecule has 2 rings (SSSR count). The number of hydrogen-bond donors (Lipinski definition) is 0. The molecule has 3 heteroatoms. The van der Waals surface area contributed by atoms with E-state index in [0.29, 0.717) is 13.0 Å². The minimum absolute atomic E-state index is 0.508. The summed E-state index contributed by atoms with van der Waals surface area (Å²) < 4.78 is 5.39. The number of halogens is 1. The van der Waals surface area contributed by atoms with E-state index in [1.807, 2.05) is 24.3 Å². The molecule has 1 unspecified atom stereocenters. The van der Waals surface area contributed by atoms with Crippen molar-refractivity contribution in [1.82, 2.24) is 0 Å². The maximum atomic E-state index is 8.96. The van der Waals surface area contributed by atoms with Crippen LogP contribution in [0.25, 0.3) is 0 Å². The van der Waals surface area contributed by atoms with Gasteiger partial charge in [-0.3, -0.25) is 0 Å². The highest BCUT2D eigenvalue weighted by atomic mass is 35.5. The van der Waals surface area contributed by atoms with Gasteiger partial charge in [0.15, 0.2) is 4.87 Å². The van der Waals surface area contributed by atoms with Crippen molar-refractivity contribution in [3.05, 3.63) is 29.8 Å². The Morgan fingerprint density at radius 2 is 2.23 bits per heavy atom. The van der Waals surface area contributed by atoms with E-state index in [2.05, 4.69) is 6.07 Å². The van der Waals surface area contributed by atoms with Gasteiger partial charge >= 0.3 is 0 Å². The number of rotatable bonds is 0. The van der Waals surface area contributed by atoms with E-state index in [4.69, 9.17) is 21.6 Å². The van der Waals surface area contributed by atoms with Gasteiger partial charge < -0.3 is 4.74 Å². The number of para-hydroxylation sites is 1. The Labute approximate surface area is 81.7 Å².